The van der Waals surface area contributed by atoms with Crippen LogP contribution < -0.4 is 49.1 Å². The summed E-state index contributed by atoms with van der Waals surface area (Å²) in [5.41, 5.74) is 21.0. The number of rotatable bonds is 37. The zero-order valence-corrected chi connectivity index (χ0v) is 42.6. The monoisotopic (exact) mass is 998 g/mol. The molecule has 17 nitrogen and oxygen atoms in total. The quantitative estimate of drug-likeness (QED) is 0.0365. The highest BCUT2D eigenvalue weighted by atomic mass is 16.4. The highest BCUT2D eigenvalue weighted by Crippen LogP contribution is 2.14. The van der Waals surface area contributed by atoms with E-state index < -0.39 is 42.2 Å². The summed E-state index contributed by atoms with van der Waals surface area (Å²) in [5.74, 6) is -3.03. The van der Waals surface area contributed by atoms with E-state index in [-0.39, 0.29) is 86.4 Å². The fourth-order valence-corrected chi connectivity index (χ4v) is 8.63. The van der Waals surface area contributed by atoms with Gasteiger partial charge in [-0.1, -0.05) is 104 Å². The van der Waals surface area contributed by atoms with E-state index in [1.807, 2.05) is 91.0 Å². The van der Waals surface area contributed by atoms with Crippen LogP contribution in [0.1, 0.15) is 133 Å². The molecule has 17 heteroatoms. The van der Waals surface area contributed by atoms with Crippen LogP contribution in [0.2, 0.25) is 0 Å². The zero-order valence-electron chi connectivity index (χ0n) is 42.6. The smallest absolute Gasteiger partial charge is 0.305 e. The molecule has 0 heterocycles. The highest BCUT2D eigenvalue weighted by Gasteiger charge is 2.25. The largest absolute Gasteiger partial charge is 0.481 e. The number of hydrogen-bond donors (Lipinski definition) is 10. The molecule has 0 aliphatic carbocycles. The topological polar surface area (TPSA) is 290 Å². The van der Waals surface area contributed by atoms with Gasteiger partial charge in [-0.15, -0.1) is 0 Å². The average molecular weight is 998 g/mol. The summed E-state index contributed by atoms with van der Waals surface area (Å²) in [7, 11) is 0. The van der Waals surface area contributed by atoms with Crippen molar-refractivity contribution in [3.63, 3.8) is 0 Å². The van der Waals surface area contributed by atoms with Crippen molar-refractivity contribution in [3.05, 3.63) is 108 Å². The Bertz CT molecular complexity index is 2060. The third kappa shape index (κ3) is 28.0. The van der Waals surface area contributed by atoms with E-state index in [0.717, 1.165) is 23.1 Å². The maximum Gasteiger partial charge on any atom is 0.305 e. The lowest BCUT2D eigenvalue weighted by molar-refractivity contribution is -0.138. The Kier molecular flexibility index (Phi) is 29.3. The third-order valence-corrected chi connectivity index (χ3v) is 12.3. The normalized spacial score (nSPS) is 14.0. The molecule has 3 rings (SSSR count). The van der Waals surface area contributed by atoms with Crippen LogP contribution in [0.25, 0.3) is 0 Å². The Morgan fingerprint density at radius 1 is 0.403 bits per heavy atom. The molecule has 0 saturated heterocycles. The lowest BCUT2D eigenvalue weighted by atomic mass is 10.0. The molecule has 6 amide bonds. The van der Waals surface area contributed by atoms with Crippen molar-refractivity contribution in [2.24, 2.45) is 17.2 Å². The summed E-state index contributed by atoms with van der Waals surface area (Å²) < 4.78 is 0. The summed E-state index contributed by atoms with van der Waals surface area (Å²) in [6.45, 7) is 4.36. The Morgan fingerprint density at radius 3 is 1.07 bits per heavy atom. The van der Waals surface area contributed by atoms with Crippen molar-refractivity contribution in [3.8, 4) is 0 Å². The van der Waals surface area contributed by atoms with Crippen molar-refractivity contribution in [2.45, 2.75) is 178 Å². The molecule has 3 aromatic carbocycles. The highest BCUT2D eigenvalue weighted by molar-refractivity contribution is 5.84. The van der Waals surface area contributed by atoms with Crippen LogP contribution in [0.15, 0.2) is 91.0 Å². The van der Waals surface area contributed by atoms with E-state index in [1.54, 1.807) is 13.8 Å². The lowest BCUT2D eigenvalue weighted by Gasteiger charge is -2.24. The van der Waals surface area contributed by atoms with Gasteiger partial charge in [0.25, 0.3) is 0 Å². The first-order valence-electron chi connectivity index (χ1n) is 25.9. The Hall–Kier alpha value is -6.17. The molecule has 0 aromatic heterocycles. The number of unbranched alkanes of at least 4 members (excludes halogenated alkanes) is 2. The minimum atomic E-state index is -1.02. The van der Waals surface area contributed by atoms with Crippen molar-refractivity contribution in [1.29, 1.82) is 0 Å². The predicted molar refractivity (Wildman–Crippen MR) is 281 cm³/mol. The number of nitrogens with one attached hydrogen (secondary N) is 6. The van der Waals surface area contributed by atoms with Crippen molar-refractivity contribution in [1.82, 2.24) is 31.9 Å². The van der Waals surface area contributed by atoms with E-state index in [1.165, 1.54) is 0 Å². The van der Waals surface area contributed by atoms with Gasteiger partial charge in [-0.05, 0) is 108 Å². The first kappa shape index (κ1) is 60.1. The number of amides is 6. The number of carbonyl (C=O) groups is 7. The van der Waals surface area contributed by atoms with Gasteiger partial charge in [0.1, 0.15) is 0 Å². The SMILES string of the molecule is C[C@@H](CC(=O)N[C@@H](CCCCN)CC(=O)N[C@@H](CCc1ccccc1)CC(=O)N[C@@H](C)CC(=O)N[C@@H](CCCCN)CC(=O)N[C@@H](CCc1ccccc1)CC(=O)O)NC(=O)C[C@@H](N)CCc1ccccc1. The molecule has 7 atom stereocenters. The predicted octanol–water partition coefficient (Wildman–Crippen LogP) is 4.23. The van der Waals surface area contributed by atoms with Gasteiger partial charge in [0.05, 0.1) is 6.42 Å². The van der Waals surface area contributed by atoms with Crippen LogP contribution in [0.5, 0.6) is 0 Å². The summed E-state index contributed by atoms with van der Waals surface area (Å²) >= 11 is 0. The maximum absolute atomic E-state index is 13.7. The Labute approximate surface area is 426 Å². The molecule has 72 heavy (non-hydrogen) atoms. The van der Waals surface area contributed by atoms with Gasteiger partial charge in [-0.25, -0.2) is 0 Å². The number of nitrogens with two attached hydrogens (primary N) is 3. The molecule has 0 fully saturated rings. The number of hydrogen-bond acceptors (Lipinski definition) is 10. The van der Waals surface area contributed by atoms with Crippen LogP contribution in [-0.2, 0) is 52.8 Å². The van der Waals surface area contributed by atoms with Gasteiger partial charge in [0.15, 0.2) is 0 Å². The van der Waals surface area contributed by atoms with Crippen LogP contribution in [0, 0.1) is 0 Å². The number of carbonyl (C=O) groups excluding carboxylic acids is 6. The Balaban J connectivity index is 1.56. The molecule has 3 aromatic rings. The van der Waals surface area contributed by atoms with Gasteiger partial charge in [0.2, 0.25) is 35.4 Å². The molecule has 396 valence electrons. The molecule has 0 radical (unpaired) electrons. The molecule has 0 unspecified atom stereocenters. The maximum atomic E-state index is 13.7. The van der Waals surface area contributed by atoms with Crippen LogP contribution in [0.3, 0.4) is 0 Å². The van der Waals surface area contributed by atoms with Gasteiger partial charge in [0, 0.05) is 80.8 Å². The second-order valence-electron chi connectivity index (χ2n) is 19.2. The van der Waals surface area contributed by atoms with E-state index in [0.29, 0.717) is 83.7 Å². The average Bonchev–Trinajstić information content (AvgIpc) is 3.32. The lowest BCUT2D eigenvalue weighted by Crippen LogP contribution is -2.46. The molecule has 13 N–H and O–H groups in total. The second-order valence-corrected chi connectivity index (χ2v) is 19.2. The fourth-order valence-electron chi connectivity index (χ4n) is 8.63. The van der Waals surface area contributed by atoms with E-state index in [2.05, 4.69) is 31.9 Å². The molecular formula is C55H83N9O8. The number of aryl methyl sites for hydroxylation is 3. The second kappa shape index (κ2) is 35.0. The number of benzene rings is 3. The van der Waals surface area contributed by atoms with Crippen molar-refractivity contribution in [2.75, 3.05) is 13.1 Å². The fraction of sp³-hybridized carbons (Fsp3) is 0.545. The molecule has 0 aliphatic heterocycles. The minimum Gasteiger partial charge on any atom is -0.481 e. The number of aliphatic carboxylic acids is 1. The van der Waals surface area contributed by atoms with E-state index in [4.69, 9.17) is 17.2 Å². The summed E-state index contributed by atoms with van der Waals surface area (Å²) in [6, 6.07) is 25.6. The molecule has 0 saturated carbocycles. The first-order chi connectivity index (χ1) is 34.6. The minimum absolute atomic E-state index is 0.00491. The van der Waals surface area contributed by atoms with Gasteiger partial charge < -0.3 is 54.2 Å². The third-order valence-electron chi connectivity index (χ3n) is 12.3. The van der Waals surface area contributed by atoms with Crippen LogP contribution in [0.4, 0.5) is 0 Å². The van der Waals surface area contributed by atoms with E-state index in [9.17, 15) is 38.7 Å². The number of carboxylic acid groups (broad SMARTS) is 1. The zero-order chi connectivity index (χ0) is 52.5. The van der Waals surface area contributed by atoms with E-state index >= 15 is 0 Å². The summed E-state index contributed by atoms with van der Waals surface area (Å²) in [6.07, 6.45) is 6.85. The van der Waals surface area contributed by atoms with Crippen molar-refractivity contribution < 1.29 is 38.7 Å². The molecule has 0 aliphatic rings. The molecule has 0 bridgehead atoms. The van der Waals surface area contributed by atoms with Gasteiger partial charge >= 0.3 is 5.97 Å². The standard InChI is InChI=1S/C55H83N9O8/c1-39(59-51(67)34-44(58)27-24-41-16-6-3-7-17-41)32-49(65)61-45(22-12-14-30-56)35-53(69)63-47(28-25-42-18-8-4-9-19-42)37-52(68)60-40(2)33-50(66)62-46(23-13-15-31-57)36-54(70)64-48(38-55(71)72)29-26-43-20-10-5-11-21-43/h3-11,16-21,39-40,44-48H,12-15,22-38,56-58H2,1-2H3,(H,59,67)(H,60,68)(H,61,65)(H,62,66)(H,63,69)(H,64,70)(H,71,72)/t39-,40-,44-,45-,46-,47-,48-/m0/s1. The van der Waals surface area contributed by atoms with Crippen LogP contribution in [-0.4, -0.2) is 102 Å². The molecule has 0 spiro atoms. The van der Waals surface area contributed by atoms with Gasteiger partial charge in [-0.3, -0.25) is 33.6 Å². The van der Waals surface area contributed by atoms with Crippen molar-refractivity contribution >= 4 is 41.4 Å². The molecular weight excluding hydrogens is 915 g/mol. The summed E-state index contributed by atoms with van der Waals surface area (Å²) in [5, 5.41) is 27.1. The number of carboxylic acids is 1. The van der Waals surface area contributed by atoms with Crippen LogP contribution >= 0.6 is 0 Å². The first-order valence-corrected chi connectivity index (χ1v) is 25.9. The Morgan fingerprint density at radius 2 is 0.708 bits per heavy atom. The summed E-state index contributed by atoms with van der Waals surface area (Å²) in [4.78, 5) is 91.6. The van der Waals surface area contributed by atoms with Gasteiger partial charge in [-0.2, -0.15) is 0 Å².